The third kappa shape index (κ3) is 3.81. The summed E-state index contributed by atoms with van der Waals surface area (Å²) in [5.74, 6) is 0. The van der Waals surface area contributed by atoms with Crippen molar-refractivity contribution in [1.82, 2.24) is 19.1 Å². The normalized spacial score (nSPS) is 11.7. The average molecular weight is 472 g/mol. The summed E-state index contributed by atoms with van der Waals surface area (Å²) in [6.07, 6.45) is 4.20. The molecule has 0 aliphatic heterocycles. The first-order valence-corrected chi connectivity index (χ1v) is 12.4. The Hall–Kier alpha value is -4.08. The van der Waals surface area contributed by atoms with Crippen LogP contribution in [0.2, 0.25) is 0 Å². The van der Waals surface area contributed by atoms with Crippen molar-refractivity contribution in [2.45, 2.75) is 11.4 Å². The number of sulfone groups is 1. The summed E-state index contributed by atoms with van der Waals surface area (Å²) in [7, 11) is -3.39. The molecule has 3 aromatic carbocycles. The van der Waals surface area contributed by atoms with Gasteiger partial charge in [-0.25, -0.2) is 18.4 Å². The van der Waals surface area contributed by atoms with Gasteiger partial charge in [0.15, 0.2) is 21.0 Å². The van der Waals surface area contributed by atoms with Gasteiger partial charge in [-0.05, 0) is 41.5 Å². The van der Waals surface area contributed by atoms with Gasteiger partial charge in [0, 0.05) is 24.1 Å². The molecule has 2 aromatic heterocycles. The molecule has 0 saturated heterocycles. The van der Waals surface area contributed by atoms with E-state index in [9.17, 15) is 13.2 Å². The molecule has 5 aromatic rings. The molecule has 0 bridgehead atoms. The van der Waals surface area contributed by atoms with Gasteiger partial charge in [0.1, 0.15) is 12.7 Å². The second-order valence-electron chi connectivity index (χ2n) is 7.90. The van der Waals surface area contributed by atoms with Gasteiger partial charge in [-0.1, -0.05) is 42.5 Å². The number of hydrogen-bond acceptors (Lipinski definition) is 6. The topological polar surface area (TPSA) is 113 Å². The van der Waals surface area contributed by atoms with Crippen LogP contribution in [0.3, 0.4) is 0 Å². The number of benzene rings is 3. The first-order valence-electron chi connectivity index (χ1n) is 10.5. The van der Waals surface area contributed by atoms with Gasteiger partial charge in [-0.3, -0.25) is 13.9 Å². The fourth-order valence-corrected chi connectivity index (χ4v) is 4.87. The summed E-state index contributed by atoms with van der Waals surface area (Å²) in [5.41, 5.74) is 9.84. The van der Waals surface area contributed by atoms with Crippen LogP contribution in [0.5, 0.6) is 0 Å². The lowest BCUT2D eigenvalue weighted by Crippen LogP contribution is -2.20. The van der Waals surface area contributed by atoms with Crippen molar-refractivity contribution in [1.29, 1.82) is 0 Å². The van der Waals surface area contributed by atoms with E-state index >= 15 is 0 Å². The number of imidazole rings is 1. The molecule has 0 radical (unpaired) electrons. The van der Waals surface area contributed by atoms with E-state index in [2.05, 4.69) is 9.97 Å². The first-order chi connectivity index (χ1) is 16.4. The summed E-state index contributed by atoms with van der Waals surface area (Å²) in [5, 5.41) is 0. The first kappa shape index (κ1) is 21.7. The van der Waals surface area contributed by atoms with Crippen LogP contribution in [0, 0.1) is 0 Å². The summed E-state index contributed by atoms with van der Waals surface area (Å²) in [6.45, 7) is 0.387. The van der Waals surface area contributed by atoms with E-state index in [0.29, 0.717) is 29.0 Å². The largest absolute Gasteiger partial charge is 0.326 e. The highest BCUT2D eigenvalue weighted by atomic mass is 32.2. The molecule has 0 unspecified atom stereocenters. The minimum absolute atomic E-state index is 0.256. The predicted octanol–water partition coefficient (Wildman–Crippen LogP) is 3.10. The average Bonchev–Trinajstić information content (AvgIpc) is 3.29. The van der Waals surface area contributed by atoms with Crippen molar-refractivity contribution in [3.8, 4) is 22.5 Å². The Bertz CT molecular complexity index is 1690. The van der Waals surface area contributed by atoms with Crippen LogP contribution < -0.4 is 11.3 Å². The van der Waals surface area contributed by atoms with E-state index < -0.39 is 9.84 Å². The quantitative estimate of drug-likeness (QED) is 0.421. The van der Waals surface area contributed by atoms with Crippen molar-refractivity contribution in [3.63, 3.8) is 0 Å². The standard InChI is InChI=1S/C25H21N5O3S/c1-34(32,33)22-8-3-2-7-21(22)18-9-11-19(12-10-18)30-16-28-24-23(25(30)31)29(15-27-24)20-6-4-5-17(13-20)14-26/h2-13,15-16H,14,26H2,1H3. The molecule has 8 nitrogen and oxygen atoms in total. The molecule has 9 heteroatoms. The summed E-state index contributed by atoms with van der Waals surface area (Å²) >= 11 is 0. The summed E-state index contributed by atoms with van der Waals surface area (Å²) in [4.78, 5) is 22.3. The molecule has 0 amide bonds. The van der Waals surface area contributed by atoms with E-state index in [4.69, 9.17) is 5.73 Å². The SMILES string of the molecule is CS(=O)(=O)c1ccccc1-c1ccc(-n2cnc3ncn(-c4cccc(CN)c4)c3c2=O)cc1. The fourth-order valence-electron chi connectivity index (χ4n) is 3.95. The number of aromatic nitrogens is 4. The van der Waals surface area contributed by atoms with E-state index in [-0.39, 0.29) is 10.5 Å². The highest BCUT2D eigenvalue weighted by Crippen LogP contribution is 2.28. The maximum atomic E-state index is 13.4. The van der Waals surface area contributed by atoms with Gasteiger partial charge in [0.05, 0.1) is 10.6 Å². The molecule has 2 N–H and O–H groups in total. The Balaban J connectivity index is 1.60. The second kappa shape index (κ2) is 8.36. The molecule has 0 spiro atoms. The van der Waals surface area contributed by atoms with Crippen molar-refractivity contribution >= 4 is 21.0 Å². The van der Waals surface area contributed by atoms with Crippen LogP contribution in [0.25, 0.3) is 33.7 Å². The minimum atomic E-state index is -3.39. The fraction of sp³-hybridized carbons (Fsp3) is 0.0800. The molecule has 0 fully saturated rings. The number of fused-ring (bicyclic) bond motifs is 1. The van der Waals surface area contributed by atoms with Gasteiger partial charge in [-0.2, -0.15) is 0 Å². The van der Waals surface area contributed by atoms with Crippen LogP contribution in [-0.2, 0) is 16.4 Å². The van der Waals surface area contributed by atoms with E-state index in [1.54, 1.807) is 59.4 Å². The van der Waals surface area contributed by atoms with Gasteiger partial charge < -0.3 is 5.73 Å². The monoisotopic (exact) mass is 471 g/mol. The number of rotatable bonds is 5. The lowest BCUT2D eigenvalue weighted by Gasteiger charge is -2.11. The van der Waals surface area contributed by atoms with Crippen molar-refractivity contribution in [2.75, 3.05) is 6.26 Å². The van der Waals surface area contributed by atoms with Gasteiger partial charge >= 0.3 is 0 Å². The smallest absolute Gasteiger partial charge is 0.284 e. The number of nitrogens with two attached hydrogens (primary N) is 1. The molecular formula is C25H21N5O3S. The zero-order valence-electron chi connectivity index (χ0n) is 18.3. The highest BCUT2D eigenvalue weighted by molar-refractivity contribution is 7.90. The Labute approximate surface area is 195 Å². The highest BCUT2D eigenvalue weighted by Gasteiger charge is 2.16. The third-order valence-electron chi connectivity index (χ3n) is 5.63. The molecule has 170 valence electrons. The van der Waals surface area contributed by atoms with E-state index in [1.165, 1.54) is 17.2 Å². The van der Waals surface area contributed by atoms with Crippen LogP contribution in [0.4, 0.5) is 0 Å². The summed E-state index contributed by atoms with van der Waals surface area (Å²) < 4.78 is 27.5. The third-order valence-corrected chi connectivity index (χ3v) is 6.79. The van der Waals surface area contributed by atoms with Crippen LogP contribution >= 0.6 is 0 Å². The Morgan fingerprint density at radius 3 is 2.26 bits per heavy atom. The minimum Gasteiger partial charge on any atom is -0.326 e. The van der Waals surface area contributed by atoms with Gasteiger partial charge in [0.25, 0.3) is 5.56 Å². The molecule has 0 aliphatic carbocycles. The predicted molar refractivity (Wildman–Crippen MR) is 131 cm³/mol. The van der Waals surface area contributed by atoms with Crippen molar-refractivity contribution in [3.05, 3.63) is 101 Å². The summed E-state index contributed by atoms with van der Waals surface area (Å²) in [6, 6.07) is 21.5. The number of hydrogen-bond donors (Lipinski definition) is 1. The van der Waals surface area contributed by atoms with Gasteiger partial charge in [-0.15, -0.1) is 0 Å². The maximum absolute atomic E-state index is 13.4. The Morgan fingerprint density at radius 1 is 0.853 bits per heavy atom. The maximum Gasteiger partial charge on any atom is 0.284 e. The zero-order chi connectivity index (χ0) is 23.9. The van der Waals surface area contributed by atoms with Crippen LogP contribution in [-0.4, -0.2) is 33.8 Å². The van der Waals surface area contributed by atoms with Crippen molar-refractivity contribution in [2.24, 2.45) is 5.73 Å². The molecule has 34 heavy (non-hydrogen) atoms. The van der Waals surface area contributed by atoms with E-state index in [1.807, 2.05) is 24.3 Å². The van der Waals surface area contributed by atoms with Crippen molar-refractivity contribution < 1.29 is 8.42 Å². The lowest BCUT2D eigenvalue weighted by molar-refractivity contribution is 0.602. The molecule has 5 rings (SSSR count). The molecule has 0 aliphatic rings. The number of nitrogens with zero attached hydrogens (tertiary/aromatic N) is 4. The van der Waals surface area contributed by atoms with Crippen LogP contribution in [0.15, 0.2) is 95.1 Å². The zero-order valence-corrected chi connectivity index (χ0v) is 19.1. The molecular weight excluding hydrogens is 450 g/mol. The second-order valence-corrected chi connectivity index (χ2v) is 9.88. The molecule has 2 heterocycles. The molecule has 0 saturated carbocycles. The molecule has 0 atom stereocenters. The lowest BCUT2D eigenvalue weighted by atomic mass is 10.1. The Morgan fingerprint density at radius 2 is 1.56 bits per heavy atom. The van der Waals surface area contributed by atoms with Crippen LogP contribution in [0.1, 0.15) is 5.56 Å². The van der Waals surface area contributed by atoms with E-state index in [0.717, 1.165) is 16.8 Å². The Kier molecular flexibility index (Phi) is 5.35. The van der Waals surface area contributed by atoms with Gasteiger partial charge in [0.2, 0.25) is 0 Å².